The number of rotatable bonds is 9. The molecule has 0 saturated carbocycles. The lowest BCUT2D eigenvalue weighted by Gasteiger charge is -2.20. The first-order valence-corrected chi connectivity index (χ1v) is 10.8. The molecule has 0 aliphatic rings. The second-order valence-corrected chi connectivity index (χ2v) is 9.16. The number of sulfonamides is 1. The maximum absolute atomic E-state index is 12.7. The van der Waals surface area contributed by atoms with Crippen molar-refractivity contribution in [1.82, 2.24) is 4.72 Å². The third kappa shape index (κ3) is 7.16. The summed E-state index contributed by atoms with van der Waals surface area (Å²) in [7, 11) is -3.91. The molecule has 0 bridgehead atoms. The second-order valence-electron chi connectivity index (χ2n) is 7.01. The highest BCUT2D eigenvalue weighted by atomic mass is 35.5. The average Bonchev–Trinajstić information content (AvgIpc) is 2.62. The topological polar surface area (TPSA) is 113 Å². The summed E-state index contributed by atoms with van der Waals surface area (Å²) in [5.41, 5.74) is 1.04. The molecule has 0 saturated heterocycles. The predicted molar refractivity (Wildman–Crippen MR) is 111 cm³/mol. The van der Waals surface area contributed by atoms with E-state index >= 15 is 0 Å². The van der Waals surface area contributed by atoms with Gasteiger partial charge in [0.2, 0.25) is 15.9 Å². The summed E-state index contributed by atoms with van der Waals surface area (Å²) in [5, 5.41) is 11.9. The molecule has 0 spiro atoms. The fraction of sp³-hybridized carbons (Fsp3) is 0.300. The van der Waals surface area contributed by atoms with Crippen LogP contribution in [0.5, 0.6) is 0 Å². The van der Waals surface area contributed by atoms with Crippen LogP contribution < -0.4 is 10.0 Å². The second kappa shape index (κ2) is 9.87. The van der Waals surface area contributed by atoms with Gasteiger partial charge in [0.15, 0.2) is 0 Å². The van der Waals surface area contributed by atoms with E-state index in [1.54, 1.807) is 24.3 Å². The molecule has 2 aromatic carbocycles. The zero-order chi connectivity index (χ0) is 21.6. The quantitative estimate of drug-likeness (QED) is 0.556. The van der Waals surface area contributed by atoms with Crippen LogP contribution in [0.1, 0.15) is 25.8 Å². The van der Waals surface area contributed by atoms with Crippen molar-refractivity contribution in [2.45, 2.75) is 37.6 Å². The van der Waals surface area contributed by atoms with Crippen molar-refractivity contribution in [3.05, 3.63) is 59.1 Å². The Morgan fingerprint density at radius 1 is 1.03 bits per heavy atom. The van der Waals surface area contributed by atoms with E-state index < -0.39 is 27.9 Å². The third-order valence-electron chi connectivity index (χ3n) is 4.02. The smallest absolute Gasteiger partial charge is 0.307 e. The number of anilines is 1. The van der Waals surface area contributed by atoms with Crippen LogP contribution in [-0.4, -0.2) is 31.4 Å². The Morgan fingerprint density at radius 3 is 2.14 bits per heavy atom. The minimum absolute atomic E-state index is 0.0153. The van der Waals surface area contributed by atoms with Gasteiger partial charge < -0.3 is 10.4 Å². The van der Waals surface area contributed by atoms with Crippen LogP contribution in [0, 0.1) is 5.92 Å². The number of aliphatic carboxylic acids is 1. The summed E-state index contributed by atoms with van der Waals surface area (Å²) in [5.74, 6) is -1.38. The van der Waals surface area contributed by atoms with Crippen LogP contribution in [0.2, 0.25) is 5.02 Å². The Balaban J connectivity index is 2.15. The maximum Gasteiger partial charge on any atom is 0.307 e. The van der Waals surface area contributed by atoms with Gasteiger partial charge >= 0.3 is 5.97 Å². The molecule has 0 aliphatic heterocycles. The Hall–Kier alpha value is -2.42. The molecule has 2 aromatic rings. The van der Waals surface area contributed by atoms with Crippen LogP contribution in [-0.2, 0) is 26.0 Å². The highest BCUT2D eigenvalue weighted by Gasteiger charge is 2.26. The molecule has 1 amide bonds. The lowest BCUT2D eigenvalue weighted by atomic mass is 10.0. The van der Waals surface area contributed by atoms with Gasteiger partial charge in [-0.15, -0.1) is 0 Å². The zero-order valence-corrected chi connectivity index (χ0v) is 17.6. The number of amides is 1. The van der Waals surface area contributed by atoms with Crippen molar-refractivity contribution in [3.8, 4) is 0 Å². The largest absolute Gasteiger partial charge is 0.481 e. The fourth-order valence-corrected chi connectivity index (χ4v) is 3.99. The van der Waals surface area contributed by atoms with Gasteiger partial charge in [-0.1, -0.05) is 37.6 Å². The molecule has 0 aliphatic carbocycles. The number of benzene rings is 2. The van der Waals surface area contributed by atoms with Crippen molar-refractivity contribution >= 4 is 39.2 Å². The molecule has 0 radical (unpaired) electrons. The van der Waals surface area contributed by atoms with Crippen LogP contribution >= 0.6 is 11.6 Å². The number of halogens is 1. The number of carboxylic acids is 1. The summed E-state index contributed by atoms with van der Waals surface area (Å²) < 4.78 is 27.8. The first-order valence-electron chi connectivity index (χ1n) is 8.96. The summed E-state index contributed by atoms with van der Waals surface area (Å²) in [6.07, 6.45) is 0.181. The van der Waals surface area contributed by atoms with Crippen LogP contribution in [0.25, 0.3) is 0 Å². The van der Waals surface area contributed by atoms with Gasteiger partial charge in [0.25, 0.3) is 0 Å². The summed E-state index contributed by atoms with van der Waals surface area (Å²) in [6, 6.07) is 11.0. The van der Waals surface area contributed by atoms with E-state index in [0.717, 1.165) is 0 Å². The molecule has 9 heteroatoms. The minimum atomic E-state index is -3.91. The number of hydrogen-bond acceptors (Lipinski definition) is 4. The highest BCUT2D eigenvalue weighted by Crippen LogP contribution is 2.17. The standard InChI is InChI=1S/C20H23ClN2O5S/c1-13(2)11-18(23-29(27,28)17-9-5-15(21)6-10-17)20(26)22-16-7-3-14(4-8-16)12-19(24)25/h3-10,13,18,23H,11-12H2,1-2H3,(H,22,26)(H,24,25). The Morgan fingerprint density at radius 2 is 1.62 bits per heavy atom. The van der Waals surface area contributed by atoms with Crippen LogP contribution in [0.4, 0.5) is 5.69 Å². The molecule has 1 unspecified atom stereocenters. The predicted octanol–water partition coefficient (Wildman–Crippen LogP) is 3.30. The number of carbonyl (C=O) groups is 2. The van der Waals surface area contributed by atoms with Crippen molar-refractivity contribution in [1.29, 1.82) is 0 Å². The van der Waals surface area contributed by atoms with E-state index in [9.17, 15) is 18.0 Å². The number of carboxylic acid groups (broad SMARTS) is 1. The van der Waals surface area contributed by atoms with Crippen molar-refractivity contribution in [3.63, 3.8) is 0 Å². The monoisotopic (exact) mass is 438 g/mol. The molecule has 0 aromatic heterocycles. The molecule has 3 N–H and O–H groups in total. The number of hydrogen-bond donors (Lipinski definition) is 3. The van der Waals surface area contributed by atoms with E-state index in [1.807, 2.05) is 13.8 Å². The average molecular weight is 439 g/mol. The Labute approximate surface area is 175 Å². The lowest BCUT2D eigenvalue weighted by molar-refractivity contribution is -0.136. The Kier molecular flexibility index (Phi) is 7.78. The SMILES string of the molecule is CC(C)CC(NS(=O)(=O)c1ccc(Cl)cc1)C(=O)Nc1ccc(CC(=O)O)cc1. The number of nitrogens with one attached hydrogen (secondary N) is 2. The lowest BCUT2D eigenvalue weighted by Crippen LogP contribution is -2.44. The van der Waals surface area contributed by atoms with E-state index in [0.29, 0.717) is 22.7 Å². The van der Waals surface area contributed by atoms with Crippen molar-refractivity contribution in [2.24, 2.45) is 5.92 Å². The van der Waals surface area contributed by atoms with Gasteiger partial charge in [0.05, 0.1) is 11.3 Å². The van der Waals surface area contributed by atoms with Gasteiger partial charge in [-0.05, 0) is 54.3 Å². The van der Waals surface area contributed by atoms with E-state index in [4.69, 9.17) is 16.7 Å². The van der Waals surface area contributed by atoms with Crippen LogP contribution in [0.3, 0.4) is 0 Å². The molecule has 0 fully saturated rings. The van der Waals surface area contributed by atoms with E-state index in [-0.39, 0.29) is 17.2 Å². The fourth-order valence-electron chi connectivity index (χ4n) is 2.66. The first-order chi connectivity index (χ1) is 13.6. The molecule has 0 heterocycles. The van der Waals surface area contributed by atoms with Crippen LogP contribution in [0.15, 0.2) is 53.4 Å². The van der Waals surface area contributed by atoms with Gasteiger partial charge in [-0.2, -0.15) is 4.72 Å². The molecule has 2 rings (SSSR count). The first kappa shape index (κ1) is 22.9. The van der Waals surface area contributed by atoms with E-state index in [1.165, 1.54) is 24.3 Å². The zero-order valence-electron chi connectivity index (χ0n) is 16.1. The molecule has 29 heavy (non-hydrogen) atoms. The summed E-state index contributed by atoms with van der Waals surface area (Å²) in [4.78, 5) is 23.5. The van der Waals surface area contributed by atoms with Crippen molar-refractivity contribution in [2.75, 3.05) is 5.32 Å². The van der Waals surface area contributed by atoms with Gasteiger partial charge in [-0.25, -0.2) is 8.42 Å². The van der Waals surface area contributed by atoms with Gasteiger partial charge in [0, 0.05) is 10.7 Å². The normalized spacial score (nSPS) is 12.6. The molecular formula is C20H23ClN2O5S. The molecule has 156 valence electrons. The summed E-state index contributed by atoms with van der Waals surface area (Å²) in [6.45, 7) is 3.77. The minimum Gasteiger partial charge on any atom is -0.481 e. The summed E-state index contributed by atoms with van der Waals surface area (Å²) >= 11 is 5.80. The third-order valence-corrected chi connectivity index (χ3v) is 5.76. The Bertz CT molecular complexity index is 957. The van der Waals surface area contributed by atoms with Gasteiger partial charge in [0.1, 0.15) is 6.04 Å². The molecule has 1 atom stereocenters. The molecular weight excluding hydrogens is 416 g/mol. The number of carbonyl (C=O) groups excluding carboxylic acids is 1. The highest BCUT2D eigenvalue weighted by molar-refractivity contribution is 7.89. The van der Waals surface area contributed by atoms with Crippen molar-refractivity contribution < 1.29 is 23.1 Å². The van der Waals surface area contributed by atoms with Gasteiger partial charge in [-0.3, -0.25) is 9.59 Å². The molecule has 7 nitrogen and oxygen atoms in total. The maximum atomic E-state index is 12.7. The van der Waals surface area contributed by atoms with E-state index in [2.05, 4.69) is 10.0 Å².